The van der Waals surface area contributed by atoms with Crippen LogP contribution in [-0.4, -0.2) is 10.7 Å². The van der Waals surface area contributed by atoms with Gasteiger partial charge in [-0.25, -0.2) is 0 Å². The first-order valence-corrected chi connectivity index (χ1v) is 4.79. The second-order valence-electron chi connectivity index (χ2n) is 2.08. The van der Waals surface area contributed by atoms with Gasteiger partial charge in [-0.2, -0.15) is 0 Å². The molecule has 0 N–H and O–H groups in total. The second kappa shape index (κ2) is 5.47. The highest BCUT2D eigenvalue weighted by atomic mass is 127. The van der Waals surface area contributed by atoms with Crippen molar-refractivity contribution in [3.8, 4) is 0 Å². The summed E-state index contributed by atoms with van der Waals surface area (Å²) in [6, 6.07) is 0. The molecule has 0 aromatic heterocycles. The molecule has 0 amide bonds. The van der Waals surface area contributed by atoms with Gasteiger partial charge in [-0.05, 0) is 12.3 Å². The molecule has 1 aliphatic rings. The third kappa shape index (κ3) is 4.14. The van der Waals surface area contributed by atoms with E-state index in [2.05, 4.69) is 29.5 Å². The first-order chi connectivity index (χ1) is 4.29. The minimum atomic E-state index is 0.493. The zero-order valence-electron chi connectivity index (χ0n) is 6.36. The van der Waals surface area contributed by atoms with Crippen LogP contribution in [0.4, 0.5) is 0 Å². The van der Waals surface area contributed by atoms with Gasteiger partial charge in [0.2, 0.25) is 0 Å². The third-order valence-corrected chi connectivity index (χ3v) is 2.02. The summed E-state index contributed by atoms with van der Waals surface area (Å²) in [4.78, 5) is 0. The van der Waals surface area contributed by atoms with E-state index in [1.54, 1.807) is 0 Å². The van der Waals surface area contributed by atoms with E-state index in [0.29, 0.717) is 4.11 Å². The highest BCUT2D eigenvalue weighted by Crippen LogP contribution is 2.22. The molecule has 1 rings (SSSR count). The van der Waals surface area contributed by atoms with E-state index >= 15 is 0 Å². The van der Waals surface area contributed by atoms with Crippen LogP contribution >= 0.6 is 22.6 Å². The molecule has 0 aliphatic carbocycles. The molecule has 2 heteroatoms. The first-order valence-electron chi connectivity index (χ1n) is 3.54. The van der Waals surface area contributed by atoms with Gasteiger partial charge >= 0.3 is 0 Å². The van der Waals surface area contributed by atoms with Gasteiger partial charge in [0, 0.05) is 0 Å². The molecule has 1 nitrogen and oxygen atoms in total. The standard InChI is InChI=1S/C5H9IO.C2H6/c1-4-2-5(6)7-3-4;1-2/h4-5H,2-3H2,1H3;1-2H3. The van der Waals surface area contributed by atoms with Gasteiger partial charge in [0.05, 0.1) is 6.61 Å². The molecule has 9 heavy (non-hydrogen) atoms. The number of hydrogen-bond acceptors (Lipinski definition) is 1. The van der Waals surface area contributed by atoms with E-state index in [1.807, 2.05) is 13.8 Å². The van der Waals surface area contributed by atoms with Crippen LogP contribution in [0.3, 0.4) is 0 Å². The summed E-state index contributed by atoms with van der Waals surface area (Å²) in [7, 11) is 0. The summed E-state index contributed by atoms with van der Waals surface area (Å²) in [6.07, 6.45) is 1.24. The van der Waals surface area contributed by atoms with E-state index < -0.39 is 0 Å². The van der Waals surface area contributed by atoms with Gasteiger partial charge in [0.1, 0.15) is 4.11 Å². The van der Waals surface area contributed by atoms with Crippen molar-refractivity contribution in [2.24, 2.45) is 5.92 Å². The lowest BCUT2D eigenvalue weighted by molar-refractivity contribution is 0.176. The highest BCUT2D eigenvalue weighted by molar-refractivity contribution is 14.1. The van der Waals surface area contributed by atoms with Crippen LogP contribution in [0.2, 0.25) is 0 Å². The van der Waals surface area contributed by atoms with Crippen molar-refractivity contribution >= 4 is 22.6 Å². The molecular weight excluding hydrogens is 227 g/mol. The zero-order chi connectivity index (χ0) is 7.28. The van der Waals surface area contributed by atoms with Crippen LogP contribution in [0.5, 0.6) is 0 Å². The average Bonchev–Trinajstić information content (AvgIpc) is 2.20. The quantitative estimate of drug-likeness (QED) is 0.468. The number of hydrogen-bond donors (Lipinski definition) is 0. The Hall–Kier alpha value is 0.690. The monoisotopic (exact) mass is 242 g/mol. The molecule has 0 spiro atoms. The van der Waals surface area contributed by atoms with Crippen LogP contribution in [0.1, 0.15) is 27.2 Å². The van der Waals surface area contributed by atoms with E-state index in [1.165, 1.54) is 6.42 Å². The second-order valence-corrected chi connectivity index (χ2v) is 3.47. The molecule has 1 saturated heterocycles. The largest absolute Gasteiger partial charge is 0.368 e. The fourth-order valence-corrected chi connectivity index (χ4v) is 1.80. The third-order valence-electron chi connectivity index (χ3n) is 1.15. The van der Waals surface area contributed by atoms with Gasteiger partial charge < -0.3 is 4.74 Å². The molecule has 2 unspecified atom stereocenters. The lowest BCUT2D eigenvalue weighted by atomic mass is 10.2. The van der Waals surface area contributed by atoms with Crippen LogP contribution in [-0.2, 0) is 4.74 Å². The molecule has 1 aliphatic heterocycles. The van der Waals surface area contributed by atoms with E-state index in [4.69, 9.17) is 4.74 Å². The van der Waals surface area contributed by atoms with E-state index in [0.717, 1.165) is 12.5 Å². The van der Waals surface area contributed by atoms with Crippen molar-refractivity contribution in [2.75, 3.05) is 6.61 Å². The number of ether oxygens (including phenoxy) is 1. The van der Waals surface area contributed by atoms with Gasteiger partial charge in [-0.1, -0.05) is 43.4 Å². The van der Waals surface area contributed by atoms with Crippen LogP contribution in [0.25, 0.3) is 0 Å². The Bertz CT molecular complexity index is 57.9. The fourth-order valence-electron chi connectivity index (χ4n) is 0.721. The lowest BCUT2D eigenvalue weighted by Crippen LogP contribution is -1.88. The van der Waals surface area contributed by atoms with Gasteiger partial charge in [-0.15, -0.1) is 0 Å². The molecule has 2 atom stereocenters. The Balaban J connectivity index is 0.000000291. The molecule has 1 heterocycles. The Morgan fingerprint density at radius 1 is 1.44 bits per heavy atom. The van der Waals surface area contributed by atoms with Crippen molar-refractivity contribution < 1.29 is 4.74 Å². The summed E-state index contributed by atoms with van der Waals surface area (Å²) in [5, 5.41) is 0. The molecular formula is C7H15IO. The number of rotatable bonds is 0. The normalized spacial score (nSPS) is 33.3. The SMILES string of the molecule is CC.CC1COC(I)C1. The maximum atomic E-state index is 5.25. The van der Waals surface area contributed by atoms with Gasteiger partial charge in [-0.3, -0.25) is 0 Å². The van der Waals surface area contributed by atoms with Crippen molar-refractivity contribution in [3.63, 3.8) is 0 Å². The zero-order valence-corrected chi connectivity index (χ0v) is 8.51. The minimum Gasteiger partial charge on any atom is -0.368 e. The average molecular weight is 242 g/mol. The highest BCUT2D eigenvalue weighted by Gasteiger charge is 2.17. The molecule has 56 valence electrons. The summed E-state index contributed by atoms with van der Waals surface area (Å²) in [6.45, 7) is 7.19. The molecule has 1 fully saturated rings. The van der Waals surface area contributed by atoms with Gasteiger partial charge in [0.25, 0.3) is 0 Å². The maximum absolute atomic E-state index is 5.25. The Kier molecular flexibility index (Phi) is 5.89. The Morgan fingerprint density at radius 2 is 2.00 bits per heavy atom. The van der Waals surface area contributed by atoms with Crippen LogP contribution in [0, 0.1) is 5.92 Å². The summed E-state index contributed by atoms with van der Waals surface area (Å²) in [5.41, 5.74) is 0. The summed E-state index contributed by atoms with van der Waals surface area (Å²) < 4.78 is 5.74. The molecule has 0 radical (unpaired) electrons. The summed E-state index contributed by atoms with van der Waals surface area (Å²) in [5.74, 6) is 0.793. The fraction of sp³-hybridized carbons (Fsp3) is 1.00. The van der Waals surface area contributed by atoms with E-state index in [9.17, 15) is 0 Å². The molecule has 0 aromatic rings. The van der Waals surface area contributed by atoms with Crippen molar-refractivity contribution in [3.05, 3.63) is 0 Å². The number of alkyl halides is 1. The van der Waals surface area contributed by atoms with E-state index in [-0.39, 0.29) is 0 Å². The lowest BCUT2D eigenvalue weighted by Gasteiger charge is -1.92. The molecule has 0 saturated carbocycles. The van der Waals surface area contributed by atoms with Crippen molar-refractivity contribution in [2.45, 2.75) is 31.3 Å². The van der Waals surface area contributed by atoms with Crippen molar-refractivity contribution in [1.82, 2.24) is 0 Å². The first kappa shape index (κ1) is 9.69. The predicted molar refractivity (Wildman–Crippen MR) is 48.9 cm³/mol. The maximum Gasteiger partial charge on any atom is 0.109 e. The topological polar surface area (TPSA) is 9.23 Å². The Morgan fingerprint density at radius 3 is 2.11 bits per heavy atom. The number of halogens is 1. The molecule has 0 aromatic carbocycles. The van der Waals surface area contributed by atoms with Crippen LogP contribution in [0.15, 0.2) is 0 Å². The predicted octanol–water partition coefficient (Wildman–Crippen LogP) is 2.83. The van der Waals surface area contributed by atoms with Gasteiger partial charge in [0.15, 0.2) is 0 Å². The van der Waals surface area contributed by atoms with Crippen LogP contribution < -0.4 is 0 Å². The smallest absolute Gasteiger partial charge is 0.109 e. The molecule has 0 bridgehead atoms. The van der Waals surface area contributed by atoms with Crippen molar-refractivity contribution in [1.29, 1.82) is 0 Å². The summed E-state index contributed by atoms with van der Waals surface area (Å²) >= 11 is 2.32. The Labute approximate surface area is 71.3 Å². The minimum absolute atomic E-state index is 0.493.